The third-order valence-corrected chi connectivity index (χ3v) is 3.34. The fraction of sp³-hybridized carbons (Fsp3) is 0.875. The summed E-state index contributed by atoms with van der Waals surface area (Å²) < 4.78 is 0. The van der Waals surface area contributed by atoms with Crippen molar-refractivity contribution in [2.24, 2.45) is 0 Å². The van der Waals surface area contributed by atoms with E-state index >= 15 is 0 Å². The molecule has 1 fully saturated rings. The van der Waals surface area contributed by atoms with Crippen LogP contribution in [-0.4, -0.2) is 35.2 Å². The largest absolute Gasteiger partial charge is 0.481 e. The predicted molar refractivity (Wildman–Crippen MR) is 50.6 cm³/mol. The number of rotatable bonds is 4. The molecule has 3 nitrogen and oxygen atoms in total. The van der Waals surface area contributed by atoms with Crippen molar-refractivity contribution in [3.8, 4) is 0 Å². The van der Waals surface area contributed by atoms with Crippen LogP contribution < -0.4 is 5.32 Å². The van der Waals surface area contributed by atoms with E-state index in [0.29, 0.717) is 11.7 Å². The summed E-state index contributed by atoms with van der Waals surface area (Å²) in [5, 5.41) is 12.4. The molecule has 0 aromatic rings. The Morgan fingerprint density at radius 2 is 2.17 bits per heavy atom. The van der Waals surface area contributed by atoms with Gasteiger partial charge in [0, 0.05) is 11.0 Å². The molecule has 0 radical (unpaired) electrons. The summed E-state index contributed by atoms with van der Waals surface area (Å²) in [5.41, 5.74) is 0. The van der Waals surface area contributed by atoms with Crippen molar-refractivity contribution in [3.05, 3.63) is 0 Å². The van der Waals surface area contributed by atoms with Crippen LogP contribution in [-0.2, 0) is 4.79 Å². The van der Waals surface area contributed by atoms with Crippen LogP contribution in [0.15, 0.2) is 0 Å². The van der Waals surface area contributed by atoms with E-state index in [1.807, 2.05) is 0 Å². The number of carboxylic acid groups (broad SMARTS) is 1. The molecule has 0 aliphatic carbocycles. The molecule has 2 N–H and O–H groups in total. The lowest BCUT2D eigenvalue weighted by Crippen LogP contribution is -2.29. The van der Waals surface area contributed by atoms with E-state index in [-0.39, 0.29) is 0 Å². The third kappa shape index (κ3) is 3.97. The van der Waals surface area contributed by atoms with Crippen LogP contribution >= 0.6 is 11.8 Å². The van der Waals surface area contributed by atoms with Gasteiger partial charge in [0.2, 0.25) is 0 Å². The van der Waals surface area contributed by atoms with Gasteiger partial charge in [0.05, 0.1) is 6.42 Å². The normalized spacial score (nSPS) is 19.3. The molecular formula is C8H15NO2S. The molecule has 0 unspecified atom stereocenters. The Morgan fingerprint density at radius 3 is 2.75 bits per heavy atom. The van der Waals surface area contributed by atoms with Crippen LogP contribution in [0.25, 0.3) is 0 Å². The number of aliphatic carboxylic acids is 1. The lowest BCUT2D eigenvalue weighted by Gasteiger charge is -2.21. The Bertz CT molecular complexity index is 146. The minimum atomic E-state index is -0.684. The first-order chi connectivity index (χ1) is 5.79. The molecule has 1 rings (SSSR count). The van der Waals surface area contributed by atoms with Gasteiger partial charge in [-0.25, -0.2) is 0 Å². The van der Waals surface area contributed by atoms with Crippen molar-refractivity contribution in [2.45, 2.75) is 24.5 Å². The van der Waals surface area contributed by atoms with E-state index in [0.717, 1.165) is 18.8 Å². The van der Waals surface area contributed by atoms with Crippen LogP contribution in [0.2, 0.25) is 0 Å². The van der Waals surface area contributed by atoms with Gasteiger partial charge in [-0.05, 0) is 25.9 Å². The summed E-state index contributed by atoms with van der Waals surface area (Å²) in [6, 6.07) is 0. The van der Waals surface area contributed by atoms with Crippen molar-refractivity contribution < 1.29 is 9.90 Å². The molecule has 12 heavy (non-hydrogen) atoms. The summed E-state index contributed by atoms with van der Waals surface area (Å²) >= 11 is 1.80. The van der Waals surface area contributed by atoms with Crippen molar-refractivity contribution in [1.29, 1.82) is 0 Å². The summed E-state index contributed by atoms with van der Waals surface area (Å²) in [4.78, 5) is 10.2. The number of piperidine rings is 1. The predicted octanol–water partition coefficient (Wildman–Crippen LogP) is 0.946. The number of nitrogens with one attached hydrogen (secondary N) is 1. The van der Waals surface area contributed by atoms with Crippen molar-refractivity contribution in [3.63, 3.8) is 0 Å². The second-order valence-corrected chi connectivity index (χ2v) is 4.37. The van der Waals surface area contributed by atoms with Crippen LogP contribution in [0.1, 0.15) is 19.3 Å². The smallest absolute Gasteiger partial charge is 0.304 e. The van der Waals surface area contributed by atoms with E-state index in [4.69, 9.17) is 5.11 Å². The Morgan fingerprint density at radius 1 is 1.50 bits per heavy atom. The van der Waals surface area contributed by atoms with Crippen molar-refractivity contribution >= 4 is 17.7 Å². The zero-order valence-electron chi connectivity index (χ0n) is 7.08. The average Bonchev–Trinajstić information content (AvgIpc) is 2.05. The standard InChI is InChI=1S/C8H15NO2S/c10-8(11)3-6-12-7-1-4-9-5-2-7/h7,9H,1-6H2,(H,10,11). The Labute approximate surface area is 76.9 Å². The van der Waals surface area contributed by atoms with Gasteiger partial charge in [-0.2, -0.15) is 11.8 Å². The fourth-order valence-electron chi connectivity index (χ4n) is 1.28. The van der Waals surface area contributed by atoms with Gasteiger partial charge in [0.15, 0.2) is 0 Å². The summed E-state index contributed by atoms with van der Waals surface area (Å²) in [6.45, 7) is 2.18. The maximum Gasteiger partial charge on any atom is 0.304 e. The van der Waals surface area contributed by atoms with Crippen molar-refractivity contribution in [1.82, 2.24) is 5.32 Å². The molecule has 4 heteroatoms. The molecule has 70 valence electrons. The number of thioether (sulfide) groups is 1. The van der Waals surface area contributed by atoms with Gasteiger partial charge in [-0.1, -0.05) is 0 Å². The fourth-order valence-corrected chi connectivity index (χ4v) is 2.47. The zero-order chi connectivity index (χ0) is 8.81. The molecule has 0 aromatic carbocycles. The lowest BCUT2D eigenvalue weighted by molar-refractivity contribution is -0.136. The monoisotopic (exact) mass is 189 g/mol. The SMILES string of the molecule is O=C(O)CCSC1CCNCC1. The third-order valence-electron chi connectivity index (χ3n) is 1.96. The van der Waals surface area contributed by atoms with E-state index in [1.165, 1.54) is 12.8 Å². The number of carbonyl (C=O) groups is 1. The molecule has 0 saturated carbocycles. The Balaban J connectivity index is 2.01. The second kappa shape index (κ2) is 5.43. The highest BCUT2D eigenvalue weighted by atomic mass is 32.2. The molecule has 1 heterocycles. The summed E-state index contributed by atoms with van der Waals surface area (Å²) in [5.74, 6) is 0.0800. The van der Waals surface area contributed by atoms with Gasteiger partial charge in [-0.3, -0.25) is 4.79 Å². The van der Waals surface area contributed by atoms with Gasteiger partial charge >= 0.3 is 5.97 Å². The maximum atomic E-state index is 10.2. The van der Waals surface area contributed by atoms with Crippen molar-refractivity contribution in [2.75, 3.05) is 18.8 Å². The molecule has 0 bridgehead atoms. The molecule has 0 aromatic heterocycles. The number of hydrogen-bond donors (Lipinski definition) is 2. The topological polar surface area (TPSA) is 49.3 Å². The molecule has 0 amide bonds. The van der Waals surface area contributed by atoms with Gasteiger partial charge in [0.25, 0.3) is 0 Å². The Kier molecular flexibility index (Phi) is 4.46. The van der Waals surface area contributed by atoms with Crippen LogP contribution in [0.5, 0.6) is 0 Å². The first-order valence-corrected chi connectivity index (χ1v) is 5.38. The molecular weight excluding hydrogens is 174 g/mol. The van der Waals surface area contributed by atoms with Crippen LogP contribution in [0.4, 0.5) is 0 Å². The molecule has 0 atom stereocenters. The quantitative estimate of drug-likeness (QED) is 0.691. The highest BCUT2D eigenvalue weighted by Gasteiger charge is 2.13. The van der Waals surface area contributed by atoms with E-state index < -0.39 is 5.97 Å². The second-order valence-electron chi connectivity index (χ2n) is 2.96. The molecule has 1 saturated heterocycles. The molecule has 1 aliphatic heterocycles. The number of carboxylic acids is 1. The first-order valence-electron chi connectivity index (χ1n) is 4.33. The highest BCUT2D eigenvalue weighted by Crippen LogP contribution is 2.20. The summed E-state index contributed by atoms with van der Waals surface area (Å²) in [7, 11) is 0. The van der Waals surface area contributed by atoms with Crippen LogP contribution in [0, 0.1) is 0 Å². The molecule has 1 aliphatic rings. The molecule has 0 spiro atoms. The van der Waals surface area contributed by atoms with E-state index in [9.17, 15) is 4.79 Å². The Hall–Kier alpha value is -0.220. The van der Waals surface area contributed by atoms with Crippen LogP contribution in [0.3, 0.4) is 0 Å². The average molecular weight is 189 g/mol. The van der Waals surface area contributed by atoms with Gasteiger partial charge in [-0.15, -0.1) is 0 Å². The maximum absolute atomic E-state index is 10.2. The first kappa shape index (κ1) is 9.86. The van der Waals surface area contributed by atoms with E-state index in [2.05, 4.69) is 5.32 Å². The van der Waals surface area contributed by atoms with E-state index in [1.54, 1.807) is 11.8 Å². The van der Waals surface area contributed by atoms with Gasteiger partial charge in [0.1, 0.15) is 0 Å². The van der Waals surface area contributed by atoms with Gasteiger partial charge < -0.3 is 10.4 Å². The number of hydrogen-bond acceptors (Lipinski definition) is 3. The zero-order valence-corrected chi connectivity index (χ0v) is 7.90. The summed E-state index contributed by atoms with van der Waals surface area (Å²) in [6.07, 6.45) is 2.67. The minimum Gasteiger partial charge on any atom is -0.481 e. The highest BCUT2D eigenvalue weighted by molar-refractivity contribution is 7.99. The minimum absolute atomic E-state index is 0.300. The lowest BCUT2D eigenvalue weighted by atomic mass is 10.2.